The number of nitrogens with zero attached hydrogens (tertiary/aromatic N) is 4. The van der Waals surface area contributed by atoms with Gasteiger partial charge in [0.15, 0.2) is 0 Å². The van der Waals surface area contributed by atoms with Gasteiger partial charge < -0.3 is 20.2 Å². The van der Waals surface area contributed by atoms with Crippen LogP contribution in [0.1, 0.15) is 18.1 Å². The zero-order valence-electron chi connectivity index (χ0n) is 22.2. The number of likely N-dealkylation sites (N-methyl/N-ethyl adjacent to an activating group) is 1. The summed E-state index contributed by atoms with van der Waals surface area (Å²) in [5, 5.41) is 18.0. The second-order valence-corrected chi connectivity index (χ2v) is 9.94. The minimum Gasteiger partial charge on any atom is -0.508 e. The molecule has 3 aromatic carbocycles. The zero-order valence-corrected chi connectivity index (χ0v) is 22.2. The maximum Gasteiger partial charge on any atom is 0.334 e. The van der Waals surface area contributed by atoms with Crippen LogP contribution in [0.3, 0.4) is 0 Å². The van der Waals surface area contributed by atoms with Gasteiger partial charge in [-0.2, -0.15) is 0 Å². The number of benzene rings is 3. The predicted octanol–water partition coefficient (Wildman–Crippen LogP) is 3.10. The monoisotopic (exact) mass is 527 g/mol. The Morgan fingerprint density at radius 1 is 1.05 bits per heavy atom. The SMILES string of the molecule is C/C=C/CNC(=O)N1[C@H]2CN(Cc3cccc4ccccc34)C(=O)[C@H](Cc3ccc(O)cc3)N2C(=O)CN1C. The lowest BCUT2D eigenvalue weighted by Gasteiger charge is -2.54. The highest BCUT2D eigenvalue weighted by Crippen LogP contribution is 2.30. The van der Waals surface area contributed by atoms with Crippen molar-refractivity contribution in [3.8, 4) is 5.75 Å². The van der Waals surface area contributed by atoms with Crippen molar-refractivity contribution in [3.05, 3.63) is 90.0 Å². The van der Waals surface area contributed by atoms with E-state index < -0.39 is 12.2 Å². The first kappa shape index (κ1) is 26.2. The number of phenols is 1. The van der Waals surface area contributed by atoms with Gasteiger partial charge in [-0.15, -0.1) is 0 Å². The van der Waals surface area contributed by atoms with Gasteiger partial charge >= 0.3 is 6.03 Å². The Morgan fingerprint density at radius 2 is 1.79 bits per heavy atom. The molecule has 0 unspecified atom stereocenters. The highest BCUT2D eigenvalue weighted by atomic mass is 16.3. The third kappa shape index (κ3) is 5.31. The summed E-state index contributed by atoms with van der Waals surface area (Å²) in [6.07, 6.45) is 3.30. The molecule has 2 N–H and O–H groups in total. The first-order valence-corrected chi connectivity index (χ1v) is 13.1. The van der Waals surface area contributed by atoms with E-state index in [1.807, 2.05) is 61.5 Å². The minimum absolute atomic E-state index is 0.0176. The van der Waals surface area contributed by atoms with E-state index in [4.69, 9.17) is 0 Å². The van der Waals surface area contributed by atoms with Crippen LogP contribution >= 0.6 is 0 Å². The van der Waals surface area contributed by atoms with Gasteiger partial charge in [0, 0.05) is 26.6 Å². The molecule has 0 spiro atoms. The molecule has 5 rings (SSSR count). The number of urea groups is 1. The number of rotatable bonds is 6. The molecule has 202 valence electrons. The lowest BCUT2D eigenvalue weighted by Crippen LogP contribution is -2.76. The molecule has 9 nitrogen and oxygen atoms in total. The normalized spacial score (nSPS) is 20.1. The number of carbonyl (C=O) groups is 3. The van der Waals surface area contributed by atoms with Crippen molar-refractivity contribution in [2.75, 3.05) is 26.7 Å². The number of allylic oxidation sites excluding steroid dienone is 1. The maximum atomic E-state index is 14.0. The predicted molar refractivity (Wildman–Crippen MR) is 148 cm³/mol. The molecule has 2 saturated heterocycles. The van der Waals surface area contributed by atoms with Crippen LogP contribution in [0.4, 0.5) is 4.79 Å². The molecular weight excluding hydrogens is 494 g/mol. The Hall–Kier alpha value is -4.37. The van der Waals surface area contributed by atoms with E-state index in [9.17, 15) is 19.5 Å². The molecule has 39 heavy (non-hydrogen) atoms. The van der Waals surface area contributed by atoms with E-state index in [1.165, 1.54) is 0 Å². The van der Waals surface area contributed by atoms with Crippen molar-refractivity contribution in [2.45, 2.75) is 32.1 Å². The summed E-state index contributed by atoms with van der Waals surface area (Å²) >= 11 is 0. The molecule has 4 amide bonds. The number of phenolic OH excluding ortho intramolecular Hbond substituents is 1. The second-order valence-electron chi connectivity index (χ2n) is 9.94. The van der Waals surface area contributed by atoms with Gasteiger partial charge in [0.25, 0.3) is 0 Å². The van der Waals surface area contributed by atoms with Crippen molar-refractivity contribution < 1.29 is 19.5 Å². The summed E-state index contributed by atoms with van der Waals surface area (Å²) in [5.74, 6) is -0.245. The molecule has 2 heterocycles. The van der Waals surface area contributed by atoms with Crippen LogP contribution in [-0.2, 0) is 22.6 Å². The molecule has 9 heteroatoms. The van der Waals surface area contributed by atoms with E-state index in [2.05, 4.69) is 5.32 Å². The maximum absolute atomic E-state index is 14.0. The third-order valence-corrected chi connectivity index (χ3v) is 7.36. The van der Waals surface area contributed by atoms with Gasteiger partial charge in [-0.3, -0.25) is 9.59 Å². The smallest absolute Gasteiger partial charge is 0.334 e. The Morgan fingerprint density at radius 3 is 2.56 bits per heavy atom. The van der Waals surface area contributed by atoms with Crippen LogP contribution < -0.4 is 5.32 Å². The number of fused-ring (bicyclic) bond motifs is 2. The van der Waals surface area contributed by atoms with E-state index in [0.717, 1.165) is 21.9 Å². The summed E-state index contributed by atoms with van der Waals surface area (Å²) in [6.45, 7) is 2.75. The van der Waals surface area contributed by atoms with Crippen molar-refractivity contribution in [2.24, 2.45) is 0 Å². The topological polar surface area (TPSA) is 96.4 Å². The molecule has 2 atom stereocenters. The molecule has 0 bridgehead atoms. The number of hydrogen-bond acceptors (Lipinski definition) is 5. The van der Waals surface area contributed by atoms with Crippen LogP contribution in [-0.4, -0.2) is 81.7 Å². The average molecular weight is 528 g/mol. The van der Waals surface area contributed by atoms with E-state index >= 15 is 0 Å². The van der Waals surface area contributed by atoms with Crippen molar-refractivity contribution in [1.29, 1.82) is 0 Å². The van der Waals surface area contributed by atoms with E-state index in [-0.39, 0.29) is 43.1 Å². The number of hydrogen-bond donors (Lipinski definition) is 2. The fraction of sp³-hybridized carbons (Fsp3) is 0.300. The Balaban J connectivity index is 1.52. The first-order chi connectivity index (χ1) is 18.9. The molecule has 0 radical (unpaired) electrons. The molecule has 0 saturated carbocycles. The molecule has 2 aliphatic rings. The molecule has 0 aromatic heterocycles. The van der Waals surface area contributed by atoms with Gasteiger partial charge in [0.05, 0.1) is 13.1 Å². The van der Waals surface area contributed by atoms with Crippen LogP contribution in [0.5, 0.6) is 5.75 Å². The van der Waals surface area contributed by atoms with Crippen molar-refractivity contribution in [3.63, 3.8) is 0 Å². The number of amides is 4. The van der Waals surface area contributed by atoms with Crippen molar-refractivity contribution >= 4 is 28.6 Å². The summed E-state index contributed by atoms with van der Waals surface area (Å²) in [4.78, 5) is 44.1. The standard InChI is InChI=1S/C30H33N5O4/c1-3-4-16-31-30(39)35-27-19-33(18-23-10-7-9-22-8-5-6-11-25(22)23)29(38)26(34(27)28(37)20-32(35)2)17-21-12-14-24(36)15-13-21/h3-15,26-27,36H,16-20H2,1-2H3,(H,31,39)/b4-3+/t26-,27-/m0/s1. The van der Waals surface area contributed by atoms with Crippen molar-refractivity contribution in [1.82, 2.24) is 25.1 Å². The minimum atomic E-state index is -0.796. The van der Waals surface area contributed by atoms with E-state index in [0.29, 0.717) is 13.1 Å². The van der Waals surface area contributed by atoms with Gasteiger partial charge in [-0.05, 0) is 41.0 Å². The molecular formula is C30H33N5O4. The highest BCUT2D eigenvalue weighted by Gasteiger charge is 2.50. The Kier molecular flexibility index (Phi) is 7.51. The fourth-order valence-electron chi connectivity index (χ4n) is 5.48. The zero-order chi connectivity index (χ0) is 27.5. The second kappa shape index (κ2) is 11.2. The van der Waals surface area contributed by atoms with Gasteiger partial charge in [-0.25, -0.2) is 14.8 Å². The number of aromatic hydroxyl groups is 1. The number of nitrogens with one attached hydrogen (secondary N) is 1. The van der Waals surface area contributed by atoms with Crippen LogP contribution in [0.2, 0.25) is 0 Å². The summed E-state index contributed by atoms with van der Waals surface area (Å²) in [6, 6.07) is 19.6. The third-order valence-electron chi connectivity index (χ3n) is 7.36. The first-order valence-electron chi connectivity index (χ1n) is 13.1. The lowest BCUT2D eigenvalue weighted by atomic mass is 9.97. The van der Waals surface area contributed by atoms with Crippen LogP contribution in [0.25, 0.3) is 10.8 Å². The van der Waals surface area contributed by atoms with Gasteiger partial charge in [-0.1, -0.05) is 66.7 Å². The summed E-state index contributed by atoms with van der Waals surface area (Å²) in [7, 11) is 1.71. The Labute approximate surface area is 227 Å². The summed E-state index contributed by atoms with van der Waals surface area (Å²) < 4.78 is 0. The van der Waals surface area contributed by atoms with Gasteiger partial charge in [0.2, 0.25) is 11.8 Å². The molecule has 2 fully saturated rings. The Bertz CT molecular complexity index is 1400. The number of hydrazine groups is 1. The van der Waals surface area contributed by atoms with Gasteiger partial charge in [0.1, 0.15) is 18.0 Å². The van der Waals surface area contributed by atoms with E-state index in [1.54, 1.807) is 51.1 Å². The quantitative estimate of drug-likeness (QED) is 0.481. The number of carbonyl (C=O) groups excluding carboxylic acids is 3. The highest BCUT2D eigenvalue weighted by molar-refractivity contribution is 5.92. The largest absolute Gasteiger partial charge is 0.508 e. The number of piperazine rings is 1. The van der Waals surface area contributed by atoms with Crippen LogP contribution in [0, 0.1) is 0 Å². The van der Waals surface area contributed by atoms with Crippen LogP contribution in [0.15, 0.2) is 78.9 Å². The molecule has 2 aliphatic heterocycles. The molecule has 0 aliphatic carbocycles. The molecule has 3 aromatic rings. The fourth-order valence-corrected chi connectivity index (χ4v) is 5.48. The lowest BCUT2D eigenvalue weighted by molar-refractivity contribution is -0.187. The average Bonchev–Trinajstić information content (AvgIpc) is 2.92. The summed E-state index contributed by atoms with van der Waals surface area (Å²) in [5.41, 5.74) is 1.81.